The molecule has 1 N–H and O–H groups in total. The van der Waals surface area contributed by atoms with E-state index in [4.69, 9.17) is 9.98 Å². The molecule has 1 amide bonds. The van der Waals surface area contributed by atoms with Crippen molar-refractivity contribution < 1.29 is 4.79 Å². The summed E-state index contributed by atoms with van der Waals surface area (Å²) in [5, 5.41) is 2.92. The zero-order chi connectivity index (χ0) is 26.5. The normalized spacial score (nSPS) is 15.2. The smallest absolute Gasteiger partial charge is 0.225 e. The summed E-state index contributed by atoms with van der Waals surface area (Å²) in [7, 11) is 0. The van der Waals surface area contributed by atoms with Gasteiger partial charge in [-0.25, -0.2) is 4.98 Å². The number of anilines is 1. The number of nitrogens with one attached hydrogen (secondary N) is 1. The molecule has 1 aromatic heterocycles. The number of carbonyl (C=O) groups excluding carboxylic acids is 1. The number of nitrogens with zero attached hydrogens (tertiary/aromatic N) is 2. The molecule has 0 bridgehead atoms. The summed E-state index contributed by atoms with van der Waals surface area (Å²) in [6, 6.07) is 4.18. The fourth-order valence-electron chi connectivity index (χ4n) is 4.05. The van der Waals surface area contributed by atoms with E-state index in [1.54, 1.807) is 0 Å². The number of fused-ring (bicyclic) bond motifs is 1. The van der Waals surface area contributed by atoms with Gasteiger partial charge in [0.1, 0.15) is 5.82 Å². The Morgan fingerprint density at radius 2 is 1.94 bits per heavy atom. The summed E-state index contributed by atoms with van der Waals surface area (Å²) in [5.74, 6) is 7.43. The minimum absolute atomic E-state index is 0.0458. The summed E-state index contributed by atoms with van der Waals surface area (Å²) in [5.41, 5.74) is 7.90. The Labute approximate surface area is 218 Å². The van der Waals surface area contributed by atoms with Crippen molar-refractivity contribution in [2.24, 2.45) is 10.9 Å². The molecule has 192 valence electrons. The molecular formula is C32H43N3O. The summed E-state index contributed by atoms with van der Waals surface area (Å²) in [6.45, 7) is 15.0. The van der Waals surface area contributed by atoms with Gasteiger partial charge in [-0.1, -0.05) is 62.6 Å². The van der Waals surface area contributed by atoms with Crippen molar-refractivity contribution >= 4 is 17.4 Å². The highest BCUT2D eigenvalue weighted by atomic mass is 16.1. The van der Waals surface area contributed by atoms with E-state index in [0.717, 1.165) is 67.0 Å². The number of aryl methyl sites for hydroxylation is 2. The highest BCUT2D eigenvalue weighted by Gasteiger charge is 2.18. The molecule has 0 aromatic carbocycles. The van der Waals surface area contributed by atoms with Crippen LogP contribution >= 0.6 is 0 Å². The molecule has 4 heteroatoms. The van der Waals surface area contributed by atoms with Crippen LogP contribution in [-0.2, 0) is 17.6 Å². The molecule has 2 rings (SSSR count). The van der Waals surface area contributed by atoms with Gasteiger partial charge >= 0.3 is 0 Å². The lowest BCUT2D eigenvalue weighted by atomic mass is 9.91. The maximum atomic E-state index is 11.8. The Hall–Kier alpha value is -3.19. The van der Waals surface area contributed by atoms with E-state index in [-0.39, 0.29) is 5.91 Å². The van der Waals surface area contributed by atoms with Crippen molar-refractivity contribution in [2.75, 3.05) is 5.32 Å². The van der Waals surface area contributed by atoms with Crippen molar-refractivity contribution in [3.05, 3.63) is 70.1 Å². The molecule has 0 saturated heterocycles. The molecule has 0 spiro atoms. The Bertz CT molecular complexity index is 1130. The van der Waals surface area contributed by atoms with Crippen LogP contribution in [0.2, 0.25) is 0 Å². The van der Waals surface area contributed by atoms with Crippen LogP contribution in [-0.4, -0.2) is 16.6 Å². The monoisotopic (exact) mass is 485 g/mol. The molecule has 1 atom stereocenters. The second-order valence-corrected chi connectivity index (χ2v) is 9.52. The quantitative estimate of drug-likeness (QED) is 0.208. The number of rotatable bonds is 10. The Kier molecular flexibility index (Phi) is 12.1. The maximum absolute atomic E-state index is 11.8. The molecule has 36 heavy (non-hydrogen) atoms. The van der Waals surface area contributed by atoms with Gasteiger partial charge in [0, 0.05) is 30.7 Å². The van der Waals surface area contributed by atoms with Crippen molar-refractivity contribution in [3.63, 3.8) is 0 Å². The van der Waals surface area contributed by atoms with E-state index in [2.05, 4.69) is 95.1 Å². The van der Waals surface area contributed by atoms with Gasteiger partial charge in [0.05, 0.1) is 5.71 Å². The van der Waals surface area contributed by atoms with E-state index in [1.165, 1.54) is 16.7 Å². The topological polar surface area (TPSA) is 54.4 Å². The number of hydrogen-bond acceptors (Lipinski definition) is 3. The van der Waals surface area contributed by atoms with Crippen LogP contribution < -0.4 is 5.32 Å². The predicted octanol–water partition coefficient (Wildman–Crippen LogP) is 7.93. The highest BCUT2D eigenvalue weighted by molar-refractivity contribution is 6.05. The molecule has 1 aliphatic rings. The van der Waals surface area contributed by atoms with Gasteiger partial charge in [-0.2, -0.15) is 0 Å². The Morgan fingerprint density at radius 3 is 2.61 bits per heavy atom. The highest BCUT2D eigenvalue weighted by Crippen LogP contribution is 2.25. The molecule has 1 aromatic rings. The van der Waals surface area contributed by atoms with E-state index >= 15 is 0 Å². The van der Waals surface area contributed by atoms with Crippen molar-refractivity contribution in [3.8, 4) is 11.8 Å². The summed E-state index contributed by atoms with van der Waals surface area (Å²) < 4.78 is 0. The molecular weight excluding hydrogens is 442 g/mol. The van der Waals surface area contributed by atoms with Gasteiger partial charge in [-0.15, -0.1) is 5.92 Å². The van der Waals surface area contributed by atoms with Crippen LogP contribution in [0.4, 0.5) is 5.82 Å². The third-order valence-corrected chi connectivity index (χ3v) is 6.37. The molecule has 1 aliphatic heterocycles. The van der Waals surface area contributed by atoms with Crippen molar-refractivity contribution in [2.45, 2.75) is 93.4 Å². The van der Waals surface area contributed by atoms with E-state index < -0.39 is 0 Å². The fraction of sp³-hybridized carbons (Fsp3) is 0.469. The molecule has 4 nitrogen and oxygen atoms in total. The first-order valence-electron chi connectivity index (χ1n) is 13.3. The van der Waals surface area contributed by atoms with Crippen molar-refractivity contribution in [1.82, 2.24) is 4.98 Å². The predicted molar refractivity (Wildman–Crippen MR) is 154 cm³/mol. The average Bonchev–Trinajstić information content (AvgIpc) is 2.86. The van der Waals surface area contributed by atoms with Gasteiger partial charge in [0.15, 0.2) is 0 Å². The van der Waals surface area contributed by atoms with E-state index in [0.29, 0.717) is 12.3 Å². The largest absolute Gasteiger partial charge is 0.310 e. The molecule has 0 fully saturated rings. The van der Waals surface area contributed by atoms with Crippen LogP contribution in [0.5, 0.6) is 0 Å². The lowest BCUT2D eigenvalue weighted by molar-refractivity contribution is -0.116. The first-order valence-corrected chi connectivity index (χ1v) is 13.3. The summed E-state index contributed by atoms with van der Waals surface area (Å²) in [4.78, 5) is 21.8. The standard InChI is InChI=1S/C32H43N3O/c1-8-11-12-13-14-16-28(25(7)15-9-2)31(24(6)10-3)34-29(23(4)5)21-20-27-19-17-26-18-22-30(36)35-32(26)33-27/h9,14-17,19,24H,8,10,13,18,20-22H2,1-7H3,(H,33,35,36)/b15-9-,16-14-,28-25-,34-31+. The second-order valence-electron chi connectivity index (χ2n) is 9.52. The first kappa shape index (κ1) is 29.0. The Morgan fingerprint density at radius 1 is 1.17 bits per heavy atom. The maximum Gasteiger partial charge on any atom is 0.225 e. The number of carbonyl (C=O) groups is 1. The lowest BCUT2D eigenvalue weighted by Gasteiger charge is -2.19. The Balaban J connectivity index is 2.39. The third-order valence-electron chi connectivity index (χ3n) is 6.37. The van der Waals surface area contributed by atoms with Crippen LogP contribution in [0.3, 0.4) is 0 Å². The van der Waals surface area contributed by atoms with Gasteiger partial charge in [-0.3, -0.25) is 9.79 Å². The third kappa shape index (κ3) is 8.79. The summed E-state index contributed by atoms with van der Waals surface area (Å²) in [6.07, 6.45) is 14.1. The summed E-state index contributed by atoms with van der Waals surface area (Å²) >= 11 is 0. The first-order chi connectivity index (χ1) is 17.3. The molecule has 0 aliphatic carbocycles. The molecule has 0 radical (unpaired) electrons. The van der Waals surface area contributed by atoms with E-state index in [9.17, 15) is 4.79 Å². The average molecular weight is 486 g/mol. The molecule has 0 saturated carbocycles. The minimum Gasteiger partial charge on any atom is -0.310 e. The number of hydrogen-bond donors (Lipinski definition) is 1. The number of allylic oxidation sites excluding steroid dienone is 8. The molecule has 1 unspecified atom stereocenters. The van der Waals surface area contributed by atoms with Gasteiger partial charge < -0.3 is 5.32 Å². The number of pyridine rings is 1. The van der Waals surface area contributed by atoms with Gasteiger partial charge in [0.25, 0.3) is 0 Å². The van der Waals surface area contributed by atoms with Crippen LogP contribution in [0.25, 0.3) is 0 Å². The van der Waals surface area contributed by atoms with E-state index in [1.807, 2.05) is 6.92 Å². The molecule has 2 heterocycles. The zero-order valence-electron chi connectivity index (χ0n) is 23.3. The second kappa shape index (κ2) is 15.0. The van der Waals surface area contributed by atoms with Gasteiger partial charge in [0.2, 0.25) is 5.91 Å². The fourth-order valence-corrected chi connectivity index (χ4v) is 4.05. The van der Waals surface area contributed by atoms with Crippen LogP contribution in [0.1, 0.15) is 91.8 Å². The number of amides is 1. The minimum atomic E-state index is 0.0458. The van der Waals surface area contributed by atoms with Gasteiger partial charge in [-0.05, 0) is 82.1 Å². The zero-order valence-corrected chi connectivity index (χ0v) is 23.3. The van der Waals surface area contributed by atoms with Crippen LogP contribution in [0, 0.1) is 17.8 Å². The lowest BCUT2D eigenvalue weighted by Crippen LogP contribution is -2.20. The van der Waals surface area contributed by atoms with Crippen LogP contribution in [0.15, 0.2) is 63.8 Å². The van der Waals surface area contributed by atoms with Crippen molar-refractivity contribution in [1.29, 1.82) is 0 Å². The number of aromatic nitrogens is 1. The number of aliphatic imine (C=N–C) groups is 1. The SMILES string of the molecule is C\C=C/C(C)=C(/C=C\CC#CCC)C(=N\C(CCc1ccc2c(n1)NC(=O)CC2)=C(C)C)\C(C)CC.